The highest BCUT2D eigenvalue weighted by atomic mass is 35.5. The van der Waals surface area contributed by atoms with Crippen LogP contribution < -0.4 is 9.62 Å². The predicted molar refractivity (Wildman–Crippen MR) is 137 cm³/mol. The Morgan fingerprint density at radius 2 is 1.68 bits per heavy atom. The second kappa shape index (κ2) is 12.2. The van der Waals surface area contributed by atoms with Gasteiger partial charge in [-0.05, 0) is 49.9 Å². The molecule has 0 aliphatic heterocycles. The SMILES string of the molecule is CCC(C)NC(=O)C(CC)N(Cc1ccccc1)C(=O)CN(c1cccc(Cl)c1C)S(C)(=O)=O. The number of amides is 2. The van der Waals surface area contributed by atoms with Gasteiger partial charge in [-0.15, -0.1) is 0 Å². The van der Waals surface area contributed by atoms with Crippen LogP contribution in [0.4, 0.5) is 5.69 Å². The molecule has 2 aromatic rings. The fourth-order valence-corrected chi connectivity index (χ4v) is 4.67. The number of nitrogens with zero attached hydrogens (tertiary/aromatic N) is 2. The number of carbonyl (C=O) groups excluding carboxylic acids is 2. The summed E-state index contributed by atoms with van der Waals surface area (Å²) in [5.41, 5.74) is 1.73. The minimum absolute atomic E-state index is 0.0446. The van der Waals surface area contributed by atoms with E-state index in [0.29, 0.717) is 22.7 Å². The summed E-state index contributed by atoms with van der Waals surface area (Å²) < 4.78 is 26.5. The zero-order valence-electron chi connectivity index (χ0n) is 20.4. The lowest BCUT2D eigenvalue weighted by Crippen LogP contribution is -2.53. The number of benzene rings is 2. The number of hydrogen-bond donors (Lipinski definition) is 1. The smallest absolute Gasteiger partial charge is 0.244 e. The Kier molecular flexibility index (Phi) is 9.94. The van der Waals surface area contributed by atoms with E-state index < -0.39 is 28.5 Å². The molecule has 34 heavy (non-hydrogen) atoms. The van der Waals surface area contributed by atoms with Gasteiger partial charge in [-0.2, -0.15) is 0 Å². The quantitative estimate of drug-likeness (QED) is 0.495. The van der Waals surface area contributed by atoms with Gasteiger partial charge in [-0.25, -0.2) is 8.42 Å². The summed E-state index contributed by atoms with van der Waals surface area (Å²) in [6.45, 7) is 7.15. The van der Waals surface area contributed by atoms with Crippen molar-refractivity contribution in [3.8, 4) is 0 Å². The van der Waals surface area contributed by atoms with Crippen molar-refractivity contribution >= 4 is 39.1 Å². The first kappa shape index (κ1) is 27.7. The van der Waals surface area contributed by atoms with E-state index in [1.54, 1.807) is 25.1 Å². The van der Waals surface area contributed by atoms with Crippen molar-refractivity contribution in [3.63, 3.8) is 0 Å². The summed E-state index contributed by atoms with van der Waals surface area (Å²) in [5, 5.41) is 3.35. The van der Waals surface area contributed by atoms with Gasteiger partial charge in [0.1, 0.15) is 12.6 Å². The first-order valence-electron chi connectivity index (χ1n) is 11.4. The molecule has 0 spiro atoms. The lowest BCUT2D eigenvalue weighted by atomic mass is 10.1. The highest BCUT2D eigenvalue weighted by Gasteiger charge is 2.32. The third-order valence-electron chi connectivity index (χ3n) is 5.77. The molecule has 7 nitrogen and oxygen atoms in total. The average molecular weight is 508 g/mol. The molecule has 0 radical (unpaired) electrons. The first-order valence-corrected chi connectivity index (χ1v) is 13.6. The monoisotopic (exact) mass is 507 g/mol. The van der Waals surface area contributed by atoms with Gasteiger partial charge >= 0.3 is 0 Å². The highest BCUT2D eigenvalue weighted by molar-refractivity contribution is 7.92. The van der Waals surface area contributed by atoms with Crippen LogP contribution in [0.2, 0.25) is 5.02 Å². The van der Waals surface area contributed by atoms with Crippen LogP contribution in [0.5, 0.6) is 0 Å². The summed E-state index contributed by atoms with van der Waals surface area (Å²) >= 11 is 6.22. The standard InChI is InChI=1S/C25H34ClN3O4S/c1-6-18(3)27-25(31)22(7-2)28(16-20-12-9-8-10-13-20)24(30)17-29(34(5,32)33)23-15-11-14-21(26)19(23)4/h8-15,18,22H,6-7,16-17H2,1-5H3,(H,27,31). The number of anilines is 1. The van der Waals surface area contributed by atoms with Gasteiger partial charge in [0.15, 0.2) is 0 Å². The minimum atomic E-state index is -3.81. The van der Waals surface area contributed by atoms with Crippen LogP contribution in [0, 0.1) is 6.92 Å². The fourth-order valence-electron chi connectivity index (χ4n) is 3.60. The normalized spacial score (nSPS) is 13.1. The number of halogens is 1. The molecule has 1 N–H and O–H groups in total. The Bertz CT molecular complexity index is 1090. The Labute approximate surface area is 208 Å². The molecule has 0 fully saturated rings. The van der Waals surface area contributed by atoms with Gasteiger partial charge in [-0.3, -0.25) is 13.9 Å². The van der Waals surface area contributed by atoms with Gasteiger partial charge in [0.25, 0.3) is 0 Å². The molecule has 0 saturated carbocycles. The maximum absolute atomic E-state index is 13.6. The van der Waals surface area contributed by atoms with Crippen molar-refractivity contribution in [1.82, 2.24) is 10.2 Å². The number of carbonyl (C=O) groups is 2. The predicted octanol–water partition coefficient (Wildman–Crippen LogP) is 4.14. The fraction of sp³-hybridized carbons (Fsp3) is 0.440. The molecule has 0 aromatic heterocycles. The summed E-state index contributed by atoms with van der Waals surface area (Å²) in [6.07, 6.45) is 2.19. The number of hydrogen-bond acceptors (Lipinski definition) is 4. The van der Waals surface area contributed by atoms with Crippen LogP contribution in [-0.2, 0) is 26.2 Å². The third kappa shape index (κ3) is 7.21. The molecular formula is C25H34ClN3O4S. The van der Waals surface area contributed by atoms with Crippen LogP contribution >= 0.6 is 11.6 Å². The van der Waals surface area contributed by atoms with Crippen molar-refractivity contribution in [1.29, 1.82) is 0 Å². The lowest BCUT2D eigenvalue weighted by Gasteiger charge is -2.33. The summed E-state index contributed by atoms with van der Waals surface area (Å²) in [7, 11) is -3.81. The molecular weight excluding hydrogens is 474 g/mol. The molecule has 2 rings (SSSR count). The molecule has 0 bridgehead atoms. The van der Waals surface area contributed by atoms with Crippen molar-refractivity contribution in [2.24, 2.45) is 0 Å². The number of nitrogens with one attached hydrogen (secondary N) is 1. The molecule has 2 unspecified atom stereocenters. The highest BCUT2D eigenvalue weighted by Crippen LogP contribution is 2.28. The number of rotatable bonds is 11. The largest absolute Gasteiger partial charge is 0.352 e. The van der Waals surface area contributed by atoms with E-state index in [1.165, 1.54) is 4.90 Å². The first-order chi connectivity index (χ1) is 16.0. The second-order valence-electron chi connectivity index (χ2n) is 8.40. The van der Waals surface area contributed by atoms with Gasteiger partial charge in [0.05, 0.1) is 11.9 Å². The molecule has 9 heteroatoms. The van der Waals surface area contributed by atoms with Crippen LogP contribution in [0.1, 0.15) is 44.7 Å². The van der Waals surface area contributed by atoms with E-state index in [0.717, 1.165) is 22.5 Å². The maximum atomic E-state index is 13.6. The van der Waals surface area contributed by atoms with E-state index in [4.69, 9.17) is 11.6 Å². The molecule has 2 aromatic carbocycles. The Morgan fingerprint density at radius 1 is 1.03 bits per heavy atom. The molecule has 0 heterocycles. The zero-order valence-corrected chi connectivity index (χ0v) is 22.0. The maximum Gasteiger partial charge on any atom is 0.244 e. The van der Waals surface area contributed by atoms with Crippen molar-refractivity contribution in [2.45, 2.75) is 59.2 Å². The van der Waals surface area contributed by atoms with E-state index >= 15 is 0 Å². The molecule has 186 valence electrons. The molecule has 0 aliphatic rings. The lowest BCUT2D eigenvalue weighted by molar-refractivity contribution is -0.140. The Balaban J connectivity index is 2.46. The number of sulfonamides is 1. The minimum Gasteiger partial charge on any atom is -0.352 e. The van der Waals surface area contributed by atoms with Gasteiger partial charge in [-0.1, -0.05) is 61.8 Å². The third-order valence-corrected chi connectivity index (χ3v) is 7.31. The van der Waals surface area contributed by atoms with E-state index in [2.05, 4.69) is 5.32 Å². The molecule has 2 amide bonds. The Morgan fingerprint density at radius 3 is 2.24 bits per heavy atom. The van der Waals surface area contributed by atoms with E-state index in [-0.39, 0.29) is 18.5 Å². The summed E-state index contributed by atoms with van der Waals surface area (Å²) in [6, 6.07) is 13.5. The van der Waals surface area contributed by atoms with Crippen molar-refractivity contribution in [2.75, 3.05) is 17.1 Å². The molecule has 0 aliphatic carbocycles. The van der Waals surface area contributed by atoms with Crippen LogP contribution in [-0.4, -0.2) is 50.0 Å². The second-order valence-corrected chi connectivity index (χ2v) is 10.7. The molecule has 0 saturated heterocycles. The van der Waals surface area contributed by atoms with Crippen LogP contribution in [0.3, 0.4) is 0 Å². The Hall–Kier alpha value is -2.58. The van der Waals surface area contributed by atoms with Gasteiger partial charge in [0, 0.05) is 17.6 Å². The average Bonchev–Trinajstić information content (AvgIpc) is 2.79. The zero-order chi connectivity index (χ0) is 25.5. The topological polar surface area (TPSA) is 86.8 Å². The van der Waals surface area contributed by atoms with E-state index in [1.807, 2.05) is 51.1 Å². The van der Waals surface area contributed by atoms with Crippen molar-refractivity contribution in [3.05, 3.63) is 64.7 Å². The van der Waals surface area contributed by atoms with Gasteiger partial charge in [0.2, 0.25) is 21.8 Å². The summed E-state index contributed by atoms with van der Waals surface area (Å²) in [5.74, 6) is -0.731. The van der Waals surface area contributed by atoms with Crippen LogP contribution in [0.15, 0.2) is 48.5 Å². The summed E-state index contributed by atoms with van der Waals surface area (Å²) in [4.78, 5) is 28.2. The van der Waals surface area contributed by atoms with Crippen LogP contribution in [0.25, 0.3) is 0 Å². The van der Waals surface area contributed by atoms with E-state index in [9.17, 15) is 18.0 Å². The van der Waals surface area contributed by atoms with Crippen molar-refractivity contribution < 1.29 is 18.0 Å². The van der Waals surface area contributed by atoms with Gasteiger partial charge < -0.3 is 10.2 Å². The molecule has 2 atom stereocenters.